The Bertz CT molecular complexity index is 1980. The highest BCUT2D eigenvalue weighted by atomic mass is 19.4. The molecule has 0 saturated carbocycles. The average Bonchev–Trinajstić information content (AvgIpc) is 3.36. The van der Waals surface area contributed by atoms with E-state index in [-0.39, 0.29) is 17.2 Å². The molecule has 1 aliphatic rings. The normalized spacial score (nSPS) is 14.7. The van der Waals surface area contributed by atoms with E-state index in [4.69, 9.17) is 14.1 Å². The number of benzene rings is 3. The monoisotopic (exact) mass is 526 g/mol. The molecule has 1 aliphatic heterocycles. The molecule has 0 amide bonds. The molecular formula is C29H17F3N4O3. The van der Waals surface area contributed by atoms with Crippen molar-refractivity contribution in [3.05, 3.63) is 117 Å². The van der Waals surface area contributed by atoms with Crippen LogP contribution in [0.3, 0.4) is 0 Å². The van der Waals surface area contributed by atoms with Crippen molar-refractivity contribution in [1.82, 2.24) is 19.6 Å². The summed E-state index contributed by atoms with van der Waals surface area (Å²) in [5.41, 5.74) is 1.96. The lowest BCUT2D eigenvalue weighted by Gasteiger charge is -2.27. The second-order valence-corrected chi connectivity index (χ2v) is 9.27. The van der Waals surface area contributed by atoms with Crippen LogP contribution in [0.2, 0.25) is 0 Å². The standard InChI is InChI=1S/C29H17F3N4O3/c1-15-6-2-3-7-18(15)25-34-26-23-21(16-10-12-17(13-11-16)29(30,31)32)22-24(39-27(23)33-14-36(26)35-25)19-8-4-5-9-20(19)38-28(22)37/h2-14,21H,1H3. The van der Waals surface area contributed by atoms with Crippen LogP contribution >= 0.6 is 0 Å². The SMILES string of the molecule is Cc1ccccc1-c1nc2c3c(ncn2n1)Oc1c(c(=O)oc2ccccc12)C3c1ccc(C(F)(F)F)cc1. The lowest BCUT2D eigenvalue weighted by Crippen LogP contribution is -2.22. The minimum Gasteiger partial charge on any atom is -0.437 e. The van der Waals surface area contributed by atoms with Crippen LogP contribution in [0.25, 0.3) is 28.0 Å². The lowest BCUT2D eigenvalue weighted by atomic mass is 9.84. The topological polar surface area (TPSA) is 82.5 Å². The van der Waals surface area contributed by atoms with Gasteiger partial charge >= 0.3 is 11.8 Å². The van der Waals surface area contributed by atoms with E-state index in [9.17, 15) is 18.0 Å². The number of hydrogen-bond donors (Lipinski definition) is 0. The van der Waals surface area contributed by atoms with Crippen molar-refractivity contribution in [2.24, 2.45) is 0 Å². The van der Waals surface area contributed by atoms with Gasteiger partial charge in [0, 0.05) is 5.56 Å². The van der Waals surface area contributed by atoms with Gasteiger partial charge in [-0.3, -0.25) is 0 Å². The quantitative estimate of drug-likeness (QED) is 0.239. The van der Waals surface area contributed by atoms with E-state index in [1.165, 1.54) is 23.0 Å². The van der Waals surface area contributed by atoms with Gasteiger partial charge in [-0.1, -0.05) is 48.5 Å². The third kappa shape index (κ3) is 3.59. The predicted molar refractivity (Wildman–Crippen MR) is 136 cm³/mol. The molecule has 1 atom stereocenters. The Labute approximate surface area is 218 Å². The molecule has 0 fully saturated rings. The van der Waals surface area contributed by atoms with Gasteiger partial charge in [0.25, 0.3) is 0 Å². The number of halogens is 3. The van der Waals surface area contributed by atoms with E-state index in [0.717, 1.165) is 23.3 Å². The van der Waals surface area contributed by atoms with E-state index in [0.29, 0.717) is 33.6 Å². The first-order valence-corrected chi connectivity index (χ1v) is 12.0. The van der Waals surface area contributed by atoms with Gasteiger partial charge in [0.1, 0.15) is 11.9 Å². The maximum Gasteiger partial charge on any atom is 0.416 e. The summed E-state index contributed by atoms with van der Waals surface area (Å²) in [7, 11) is 0. The van der Waals surface area contributed by atoms with E-state index < -0.39 is 23.3 Å². The molecule has 3 aromatic carbocycles. The van der Waals surface area contributed by atoms with Gasteiger partial charge in [0.15, 0.2) is 17.2 Å². The molecule has 7 rings (SSSR count). The number of fused-ring (bicyclic) bond motifs is 6. The van der Waals surface area contributed by atoms with Crippen molar-refractivity contribution in [1.29, 1.82) is 0 Å². The van der Waals surface area contributed by atoms with Crippen molar-refractivity contribution in [3.8, 4) is 23.0 Å². The fourth-order valence-corrected chi connectivity index (χ4v) is 5.07. The molecule has 192 valence electrons. The first kappa shape index (κ1) is 23.2. The molecule has 0 bridgehead atoms. The molecule has 4 heterocycles. The van der Waals surface area contributed by atoms with Gasteiger partial charge < -0.3 is 9.15 Å². The Balaban J connectivity index is 1.53. The maximum atomic E-state index is 13.4. The molecule has 39 heavy (non-hydrogen) atoms. The molecule has 3 aromatic heterocycles. The summed E-state index contributed by atoms with van der Waals surface area (Å²) in [6.07, 6.45) is -3.05. The highest BCUT2D eigenvalue weighted by molar-refractivity contribution is 5.87. The summed E-state index contributed by atoms with van der Waals surface area (Å²) in [6.45, 7) is 1.94. The van der Waals surface area contributed by atoms with Crippen molar-refractivity contribution < 1.29 is 22.3 Å². The van der Waals surface area contributed by atoms with Crippen LogP contribution in [0.15, 0.2) is 88.3 Å². The van der Waals surface area contributed by atoms with Crippen molar-refractivity contribution in [2.75, 3.05) is 0 Å². The molecule has 7 nitrogen and oxygen atoms in total. The zero-order valence-corrected chi connectivity index (χ0v) is 20.2. The van der Waals surface area contributed by atoms with Crippen LogP contribution < -0.4 is 10.4 Å². The second-order valence-electron chi connectivity index (χ2n) is 9.27. The Morgan fingerprint density at radius 3 is 2.44 bits per heavy atom. The Morgan fingerprint density at radius 2 is 1.67 bits per heavy atom. The highest BCUT2D eigenvalue weighted by Gasteiger charge is 2.38. The average molecular weight is 526 g/mol. The molecule has 0 radical (unpaired) electrons. The van der Waals surface area contributed by atoms with E-state index in [1.54, 1.807) is 24.3 Å². The first-order chi connectivity index (χ1) is 18.8. The van der Waals surface area contributed by atoms with Crippen LogP contribution in [-0.2, 0) is 6.18 Å². The minimum atomic E-state index is -4.51. The van der Waals surface area contributed by atoms with Gasteiger partial charge in [0.2, 0.25) is 5.88 Å². The number of aromatic nitrogens is 4. The van der Waals surface area contributed by atoms with E-state index in [2.05, 4.69) is 10.1 Å². The number of rotatable bonds is 2. The number of alkyl halides is 3. The van der Waals surface area contributed by atoms with E-state index in [1.807, 2.05) is 31.2 Å². The number of aryl methyl sites for hydroxylation is 1. The molecule has 0 N–H and O–H groups in total. The van der Waals surface area contributed by atoms with Crippen LogP contribution in [0.5, 0.6) is 11.6 Å². The summed E-state index contributed by atoms with van der Waals surface area (Å²) in [5.74, 6) is -0.0167. The third-order valence-electron chi connectivity index (χ3n) is 6.92. The number of hydrogen-bond acceptors (Lipinski definition) is 6. The van der Waals surface area contributed by atoms with E-state index >= 15 is 0 Å². The fourth-order valence-electron chi connectivity index (χ4n) is 5.07. The largest absolute Gasteiger partial charge is 0.437 e. The fraction of sp³-hybridized carbons (Fsp3) is 0.103. The molecular weight excluding hydrogens is 509 g/mol. The van der Waals surface area contributed by atoms with Crippen LogP contribution in [0.4, 0.5) is 13.2 Å². The van der Waals surface area contributed by atoms with Gasteiger partial charge in [-0.2, -0.15) is 13.2 Å². The lowest BCUT2D eigenvalue weighted by molar-refractivity contribution is -0.137. The summed E-state index contributed by atoms with van der Waals surface area (Å²) in [6, 6.07) is 19.2. The second kappa shape index (κ2) is 8.26. The third-order valence-corrected chi connectivity index (χ3v) is 6.92. The molecule has 0 spiro atoms. The Kier molecular flexibility index (Phi) is 4.90. The number of nitrogens with zero attached hydrogens (tertiary/aromatic N) is 4. The van der Waals surface area contributed by atoms with Gasteiger partial charge in [-0.05, 0) is 42.3 Å². The van der Waals surface area contributed by atoms with Crippen molar-refractivity contribution >= 4 is 16.6 Å². The first-order valence-electron chi connectivity index (χ1n) is 12.0. The smallest absolute Gasteiger partial charge is 0.416 e. The Morgan fingerprint density at radius 1 is 0.923 bits per heavy atom. The number of ether oxygens (including phenoxy) is 1. The zero-order valence-electron chi connectivity index (χ0n) is 20.2. The predicted octanol–water partition coefficient (Wildman–Crippen LogP) is 6.51. The molecule has 10 heteroatoms. The summed E-state index contributed by atoms with van der Waals surface area (Å²) in [5, 5.41) is 5.13. The van der Waals surface area contributed by atoms with Crippen LogP contribution in [-0.4, -0.2) is 19.6 Å². The highest BCUT2D eigenvalue weighted by Crippen LogP contribution is 2.49. The zero-order chi connectivity index (χ0) is 26.9. The summed E-state index contributed by atoms with van der Waals surface area (Å²) < 4.78 is 53.4. The van der Waals surface area contributed by atoms with Crippen molar-refractivity contribution in [2.45, 2.75) is 19.0 Å². The summed E-state index contributed by atoms with van der Waals surface area (Å²) >= 11 is 0. The molecule has 6 aromatic rings. The van der Waals surface area contributed by atoms with Gasteiger partial charge in [-0.15, -0.1) is 5.10 Å². The molecule has 0 saturated heterocycles. The minimum absolute atomic E-state index is 0.149. The maximum absolute atomic E-state index is 13.4. The van der Waals surface area contributed by atoms with Crippen LogP contribution in [0.1, 0.15) is 33.7 Å². The van der Waals surface area contributed by atoms with Crippen molar-refractivity contribution in [3.63, 3.8) is 0 Å². The van der Waals surface area contributed by atoms with Gasteiger partial charge in [0.05, 0.1) is 28.0 Å². The molecule has 1 unspecified atom stereocenters. The van der Waals surface area contributed by atoms with Gasteiger partial charge in [-0.25, -0.2) is 19.3 Å². The number of para-hydroxylation sites is 1. The summed E-state index contributed by atoms with van der Waals surface area (Å²) in [4.78, 5) is 22.7. The van der Waals surface area contributed by atoms with Crippen LogP contribution in [0, 0.1) is 6.92 Å². The molecule has 0 aliphatic carbocycles. The Hall–Kier alpha value is -4.99.